The molecular weight excluding hydrogens is 478 g/mol. The van der Waals surface area contributed by atoms with E-state index in [9.17, 15) is 18.0 Å². The van der Waals surface area contributed by atoms with E-state index in [0.717, 1.165) is 38.5 Å². The summed E-state index contributed by atoms with van der Waals surface area (Å²) in [6.45, 7) is 6.22. The first-order chi connectivity index (χ1) is 16.9. The fraction of sp³-hybridized carbons (Fsp3) is 0.500. The molecule has 0 unspecified atom stereocenters. The van der Waals surface area contributed by atoms with Gasteiger partial charge in [-0.25, -0.2) is 18.4 Å². The highest BCUT2D eigenvalue weighted by molar-refractivity contribution is 7.89. The van der Waals surface area contributed by atoms with E-state index in [0.29, 0.717) is 17.6 Å². The van der Waals surface area contributed by atoms with E-state index >= 15 is 0 Å². The van der Waals surface area contributed by atoms with Crippen LogP contribution in [0.15, 0.2) is 47.4 Å². The van der Waals surface area contributed by atoms with Gasteiger partial charge in [-0.05, 0) is 97.2 Å². The number of aryl methyl sites for hydroxylation is 1. The molecule has 0 saturated heterocycles. The summed E-state index contributed by atoms with van der Waals surface area (Å²) in [5, 5.41) is 5.19. The lowest BCUT2D eigenvalue weighted by molar-refractivity contribution is -0.157. The van der Waals surface area contributed by atoms with E-state index in [1.54, 1.807) is 0 Å². The maximum absolute atomic E-state index is 12.7. The highest BCUT2D eigenvalue weighted by Gasteiger charge is 2.61. The van der Waals surface area contributed by atoms with Crippen molar-refractivity contribution in [2.75, 3.05) is 0 Å². The Labute approximate surface area is 212 Å². The molecule has 2 aromatic carbocycles. The van der Waals surface area contributed by atoms with Gasteiger partial charge in [0.05, 0.1) is 10.5 Å². The van der Waals surface area contributed by atoms with Gasteiger partial charge in [-0.1, -0.05) is 26.0 Å². The summed E-state index contributed by atoms with van der Waals surface area (Å²) in [4.78, 5) is 24.3. The molecule has 0 aliphatic heterocycles. The SMILES string of the molecule is CC(=O)O[C@H]1CC[C@@H]2[C@]1(C)CC[C@@H]1c3ccc(OC(=O)c4cccc(S(N)(=O)=O)c4)cc3CC[C@@]21C. The minimum atomic E-state index is -3.91. The second kappa shape index (κ2) is 8.70. The van der Waals surface area contributed by atoms with E-state index in [1.807, 2.05) is 12.1 Å². The molecule has 2 N–H and O–H groups in total. The summed E-state index contributed by atoms with van der Waals surface area (Å²) >= 11 is 0. The molecule has 8 heteroatoms. The molecule has 0 spiro atoms. The predicted molar refractivity (Wildman–Crippen MR) is 134 cm³/mol. The summed E-state index contributed by atoms with van der Waals surface area (Å²) in [5.41, 5.74) is 2.77. The molecule has 3 aliphatic carbocycles. The van der Waals surface area contributed by atoms with Crippen molar-refractivity contribution < 1.29 is 27.5 Å². The van der Waals surface area contributed by atoms with Gasteiger partial charge < -0.3 is 9.47 Å². The molecule has 0 radical (unpaired) electrons. The van der Waals surface area contributed by atoms with Crippen LogP contribution in [0.4, 0.5) is 0 Å². The topological polar surface area (TPSA) is 113 Å². The number of primary sulfonamides is 1. The Kier molecular flexibility index (Phi) is 6.03. The van der Waals surface area contributed by atoms with Crippen molar-refractivity contribution >= 4 is 22.0 Å². The number of rotatable bonds is 4. The third-order valence-electron chi connectivity index (χ3n) is 9.15. The van der Waals surface area contributed by atoms with Crippen molar-refractivity contribution in [1.82, 2.24) is 0 Å². The van der Waals surface area contributed by atoms with Crippen LogP contribution in [0, 0.1) is 16.7 Å². The van der Waals surface area contributed by atoms with Gasteiger partial charge in [0.1, 0.15) is 11.9 Å². The molecule has 5 rings (SSSR count). The van der Waals surface area contributed by atoms with Crippen LogP contribution in [-0.4, -0.2) is 26.5 Å². The maximum atomic E-state index is 12.7. The zero-order valence-electron chi connectivity index (χ0n) is 21.0. The molecule has 36 heavy (non-hydrogen) atoms. The van der Waals surface area contributed by atoms with Gasteiger partial charge in [-0.2, -0.15) is 0 Å². The summed E-state index contributed by atoms with van der Waals surface area (Å²) < 4.78 is 34.6. The van der Waals surface area contributed by atoms with E-state index in [4.69, 9.17) is 14.6 Å². The Balaban J connectivity index is 1.37. The van der Waals surface area contributed by atoms with Crippen LogP contribution in [-0.2, 0) is 26.0 Å². The summed E-state index contributed by atoms with van der Waals surface area (Å²) in [5.74, 6) is 0.523. The highest BCUT2D eigenvalue weighted by atomic mass is 32.2. The summed E-state index contributed by atoms with van der Waals surface area (Å²) in [6.07, 6.45) is 5.97. The van der Waals surface area contributed by atoms with Crippen LogP contribution < -0.4 is 9.88 Å². The zero-order chi connectivity index (χ0) is 25.9. The molecule has 2 aromatic rings. The Morgan fingerprint density at radius 2 is 1.78 bits per heavy atom. The van der Waals surface area contributed by atoms with Crippen LogP contribution in [0.3, 0.4) is 0 Å². The third-order valence-corrected chi connectivity index (χ3v) is 10.1. The molecule has 2 saturated carbocycles. The van der Waals surface area contributed by atoms with Crippen molar-refractivity contribution in [3.05, 3.63) is 59.2 Å². The molecule has 192 valence electrons. The van der Waals surface area contributed by atoms with Crippen LogP contribution in [0.25, 0.3) is 0 Å². The third kappa shape index (κ3) is 4.14. The monoisotopic (exact) mass is 511 g/mol. The van der Waals surface area contributed by atoms with Gasteiger partial charge >= 0.3 is 11.9 Å². The second-order valence-electron chi connectivity index (χ2n) is 11.2. The molecule has 5 atom stereocenters. The number of carbonyl (C=O) groups excluding carboxylic acids is 2. The Morgan fingerprint density at radius 3 is 2.50 bits per heavy atom. The molecule has 3 aliphatic rings. The standard InChI is InChI=1S/C28H33NO6S/c1-17(30)34-25-10-9-24-27(2)13-11-18-15-20(7-8-22(18)23(27)12-14-28(24,25)3)35-26(31)19-5-4-6-21(16-19)36(29,32)33/h4-8,15-16,23-25H,9-14H2,1-3H3,(H2,29,32,33)/t23-,24+,25+,27-,28+/m1/s1. The number of benzene rings is 2. The number of fused-ring (bicyclic) bond motifs is 5. The lowest BCUT2D eigenvalue weighted by Crippen LogP contribution is -2.50. The van der Waals surface area contributed by atoms with Crippen molar-refractivity contribution in [2.24, 2.45) is 21.9 Å². The van der Waals surface area contributed by atoms with E-state index in [-0.39, 0.29) is 33.4 Å². The fourth-order valence-electron chi connectivity index (χ4n) is 7.47. The average Bonchev–Trinajstić information content (AvgIpc) is 3.15. The van der Waals surface area contributed by atoms with Crippen molar-refractivity contribution in [3.63, 3.8) is 0 Å². The van der Waals surface area contributed by atoms with Gasteiger partial charge in [-0.15, -0.1) is 0 Å². The van der Waals surface area contributed by atoms with Gasteiger partial charge in [-0.3, -0.25) is 4.79 Å². The van der Waals surface area contributed by atoms with Crippen molar-refractivity contribution in [1.29, 1.82) is 0 Å². The quantitative estimate of drug-likeness (QED) is 0.469. The molecule has 7 nitrogen and oxygen atoms in total. The van der Waals surface area contributed by atoms with Gasteiger partial charge in [0, 0.05) is 12.3 Å². The molecule has 0 heterocycles. The smallest absolute Gasteiger partial charge is 0.343 e. The molecule has 0 bridgehead atoms. The van der Waals surface area contributed by atoms with Gasteiger partial charge in [0.15, 0.2) is 0 Å². The number of sulfonamides is 1. The predicted octanol–water partition coefficient (Wildman–Crippen LogP) is 4.73. The fourth-order valence-corrected chi connectivity index (χ4v) is 8.03. The van der Waals surface area contributed by atoms with E-state index < -0.39 is 16.0 Å². The minimum Gasteiger partial charge on any atom is -0.462 e. The molecule has 0 amide bonds. The maximum Gasteiger partial charge on any atom is 0.343 e. The molecule has 0 aromatic heterocycles. The minimum absolute atomic E-state index is 0.00581. The van der Waals surface area contributed by atoms with Crippen LogP contribution in [0.1, 0.15) is 80.3 Å². The first kappa shape index (κ1) is 25.0. The summed E-state index contributed by atoms with van der Waals surface area (Å²) in [7, 11) is -3.91. The van der Waals surface area contributed by atoms with Crippen molar-refractivity contribution in [2.45, 2.75) is 76.2 Å². The average molecular weight is 512 g/mol. The second-order valence-corrected chi connectivity index (χ2v) is 12.7. The zero-order valence-corrected chi connectivity index (χ0v) is 21.8. The first-order valence-electron chi connectivity index (χ1n) is 12.6. The van der Waals surface area contributed by atoms with Crippen LogP contribution >= 0.6 is 0 Å². The largest absolute Gasteiger partial charge is 0.462 e. The number of hydrogen-bond donors (Lipinski definition) is 1. The number of hydrogen-bond acceptors (Lipinski definition) is 6. The van der Waals surface area contributed by atoms with Crippen molar-refractivity contribution in [3.8, 4) is 5.75 Å². The van der Waals surface area contributed by atoms with Gasteiger partial charge in [0.25, 0.3) is 0 Å². The normalized spacial score (nSPS) is 31.1. The van der Waals surface area contributed by atoms with Crippen LogP contribution in [0.2, 0.25) is 0 Å². The number of carbonyl (C=O) groups is 2. The highest BCUT2D eigenvalue weighted by Crippen LogP contribution is 2.67. The van der Waals surface area contributed by atoms with E-state index in [1.165, 1.54) is 42.3 Å². The summed E-state index contributed by atoms with van der Waals surface area (Å²) in [6, 6.07) is 11.4. The Morgan fingerprint density at radius 1 is 1.00 bits per heavy atom. The Bertz CT molecular complexity index is 1340. The lowest BCUT2D eigenvalue weighted by atomic mass is 9.48. The first-order valence-corrected chi connectivity index (χ1v) is 14.1. The number of esters is 2. The van der Waals surface area contributed by atoms with Gasteiger partial charge in [0.2, 0.25) is 10.0 Å². The Hall–Kier alpha value is -2.71. The number of nitrogens with two attached hydrogens (primary N) is 1. The number of ether oxygens (including phenoxy) is 2. The van der Waals surface area contributed by atoms with E-state index in [2.05, 4.69) is 19.9 Å². The lowest BCUT2D eigenvalue weighted by Gasteiger charge is -2.57. The molecular formula is C28H33NO6S. The molecule has 2 fully saturated rings. The van der Waals surface area contributed by atoms with Crippen LogP contribution in [0.5, 0.6) is 5.75 Å².